The van der Waals surface area contributed by atoms with Gasteiger partial charge in [0, 0.05) is 7.05 Å². The monoisotopic (exact) mass is 175 g/mol. The quantitative estimate of drug-likeness (QED) is 0.596. The van der Waals surface area contributed by atoms with Crippen molar-refractivity contribution in [3.8, 4) is 0 Å². The molecule has 1 aliphatic heterocycles. The number of rotatable bonds is 1. The summed E-state index contributed by atoms with van der Waals surface area (Å²) in [4.78, 5) is 13.1. The molecule has 1 aromatic rings. The van der Waals surface area contributed by atoms with Crippen LogP contribution in [0.2, 0.25) is 0 Å². The van der Waals surface area contributed by atoms with Gasteiger partial charge in [0.25, 0.3) is 0 Å². The van der Waals surface area contributed by atoms with E-state index >= 15 is 0 Å². The molecule has 2 heteroatoms. The first-order chi connectivity index (χ1) is 6.22. The highest BCUT2D eigenvalue weighted by atomic mass is 16.2. The molecule has 2 nitrogen and oxygen atoms in total. The SMILES string of the molecule is C[C@@H]1C(=O)N(C)[C@H]1c1ccccc1. The summed E-state index contributed by atoms with van der Waals surface area (Å²) in [7, 11) is 1.86. The van der Waals surface area contributed by atoms with Gasteiger partial charge >= 0.3 is 0 Å². The van der Waals surface area contributed by atoms with Gasteiger partial charge in [0.2, 0.25) is 5.91 Å². The number of hydrogen-bond donors (Lipinski definition) is 0. The number of amides is 1. The zero-order chi connectivity index (χ0) is 9.42. The van der Waals surface area contributed by atoms with Gasteiger partial charge in [-0.1, -0.05) is 37.3 Å². The highest BCUT2D eigenvalue weighted by molar-refractivity contribution is 5.85. The average molecular weight is 175 g/mol. The molecule has 1 saturated heterocycles. The van der Waals surface area contributed by atoms with Gasteiger partial charge in [-0.05, 0) is 5.56 Å². The number of nitrogens with zero attached hydrogens (tertiary/aromatic N) is 1. The van der Waals surface area contributed by atoms with E-state index in [9.17, 15) is 4.79 Å². The number of carbonyl (C=O) groups excluding carboxylic acids is 1. The van der Waals surface area contributed by atoms with E-state index < -0.39 is 0 Å². The normalized spacial score (nSPS) is 27.2. The molecular formula is C11H13NO. The number of likely N-dealkylation sites (tertiary alicyclic amines) is 1. The first kappa shape index (κ1) is 8.30. The minimum absolute atomic E-state index is 0.146. The fourth-order valence-electron chi connectivity index (χ4n) is 2.01. The molecule has 0 spiro atoms. The molecule has 0 bridgehead atoms. The molecule has 2 atom stereocenters. The molecule has 1 amide bonds. The molecule has 1 heterocycles. The summed E-state index contributed by atoms with van der Waals surface area (Å²) in [6.07, 6.45) is 0. The Morgan fingerprint density at radius 2 is 1.85 bits per heavy atom. The Labute approximate surface area is 78.2 Å². The third-order valence-electron chi connectivity index (χ3n) is 2.77. The van der Waals surface area contributed by atoms with Crippen molar-refractivity contribution < 1.29 is 4.79 Å². The molecule has 1 aliphatic rings. The summed E-state index contributed by atoms with van der Waals surface area (Å²) in [5, 5.41) is 0. The maximum atomic E-state index is 11.3. The van der Waals surface area contributed by atoms with Crippen LogP contribution in [0.1, 0.15) is 18.5 Å². The van der Waals surface area contributed by atoms with E-state index in [-0.39, 0.29) is 17.9 Å². The maximum Gasteiger partial charge on any atom is 0.228 e. The molecule has 0 aromatic heterocycles. The molecule has 0 unspecified atom stereocenters. The van der Waals surface area contributed by atoms with Crippen LogP contribution in [-0.2, 0) is 4.79 Å². The number of β-lactam (4-membered cyclic amide) rings is 1. The number of benzene rings is 1. The molecule has 1 fully saturated rings. The van der Waals surface area contributed by atoms with Crippen LogP contribution >= 0.6 is 0 Å². The molecule has 0 radical (unpaired) electrons. The summed E-state index contributed by atoms with van der Waals surface area (Å²) >= 11 is 0. The lowest BCUT2D eigenvalue weighted by Crippen LogP contribution is -2.51. The predicted octanol–water partition coefficient (Wildman–Crippen LogP) is 1.84. The standard InChI is InChI=1S/C11H13NO/c1-8-10(12(2)11(8)13)9-6-4-3-5-7-9/h3-8,10H,1-2H3/t8-,10+/m0/s1. The predicted molar refractivity (Wildman–Crippen MR) is 51.1 cm³/mol. The fraction of sp³-hybridized carbons (Fsp3) is 0.364. The third kappa shape index (κ3) is 1.13. The van der Waals surface area contributed by atoms with Crippen LogP contribution in [0.3, 0.4) is 0 Å². The fourth-order valence-corrected chi connectivity index (χ4v) is 2.01. The van der Waals surface area contributed by atoms with Crippen LogP contribution in [0.15, 0.2) is 30.3 Å². The second kappa shape index (κ2) is 2.87. The van der Waals surface area contributed by atoms with E-state index in [2.05, 4.69) is 12.1 Å². The lowest BCUT2D eigenvalue weighted by molar-refractivity contribution is -0.152. The van der Waals surface area contributed by atoms with Crippen molar-refractivity contribution in [1.29, 1.82) is 0 Å². The van der Waals surface area contributed by atoms with Crippen molar-refractivity contribution in [2.24, 2.45) is 5.92 Å². The van der Waals surface area contributed by atoms with Gasteiger partial charge in [0.1, 0.15) is 0 Å². The minimum Gasteiger partial charge on any atom is -0.338 e. The second-order valence-corrected chi connectivity index (χ2v) is 3.59. The first-order valence-electron chi connectivity index (χ1n) is 4.53. The Balaban J connectivity index is 2.25. The van der Waals surface area contributed by atoms with Gasteiger partial charge in [-0.2, -0.15) is 0 Å². The molecule has 0 N–H and O–H groups in total. The topological polar surface area (TPSA) is 20.3 Å². The summed E-state index contributed by atoms with van der Waals surface area (Å²) in [5.74, 6) is 0.390. The van der Waals surface area contributed by atoms with E-state index in [1.165, 1.54) is 5.56 Å². The molecule has 0 saturated carbocycles. The Morgan fingerprint density at radius 3 is 2.38 bits per heavy atom. The highest BCUT2D eigenvalue weighted by Crippen LogP contribution is 2.37. The first-order valence-corrected chi connectivity index (χ1v) is 4.53. The van der Waals surface area contributed by atoms with E-state index in [1.54, 1.807) is 4.90 Å². The molecule has 2 rings (SSSR count). The number of hydrogen-bond acceptors (Lipinski definition) is 1. The Bertz CT molecular complexity index is 308. The summed E-state index contributed by atoms with van der Waals surface area (Å²) in [6.45, 7) is 1.99. The van der Waals surface area contributed by atoms with E-state index in [0.717, 1.165) is 0 Å². The van der Waals surface area contributed by atoms with Crippen LogP contribution in [-0.4, -0.2) is 17.9 Å². The summed E-state index contributed by atoms with van der Waals surface area (Å²) < 4.78 is 0. The number of carbonyl (C=O) groups is 1. The van der Waals surface area contributed by atoms with Crippen LogP contribution in [0.4, 0.5) is 0 Å². The van der Waals surface area contributed by atoms with E-state index in [1.807, 2.05) is 32.2 Å². The van der Waals surface area contributed by atoms with Crippen LogP contribution in [0, 0.1) is 5.92 Å². The van der Waals surface area contributed by atoms with Gasteiger partial charge in [0.05, 0.1) is 12.0 Å². The van der Waals surface area contributed by atoms with Gasteiger partial charge in [0.15, 0.2) is 0 Å². The van der Waals surface area contributed by atoms with Crippen molar-refractivity contribution in [2.75, 3.05) is 7.05 Å². The smallest absolute Gasteiger partial charge is 0.228 e. The minimum atomic E-state index is 0.146. The van der Waals surface area contributed by atoms with Crippen LogP contribution < -0.4 is 0 Å². The Morgan fingerprint density at radius 1 is 1.23 bits per heavy atom. The Hall–Kier alpha value is -1.31. The van der Waals surface area contributed by atoms with Gasteiger partial charge in [-0.3, -0.25) is 4.79 Å². The van der Waals surface area contributed by atoms with Crippen molar-refractivity contribution in [3.05, 3.63) is 35.9 Å². The Kier molecular flexibility index (Phi) is 1.83. The van der Waals surface area contributed by atoms with Gasteiger partial charge in [-0.25, -0.2) is 0 Å². The van der Waals surface area contributed by atoms with Crippen LogP contribution in [0.25, 0.3) is 0 Å². The summed E-state index contributed by atoms with van der Waals surface area (Å²) in [5.41, 5.74) is 1.23. The van der Waals surface area contributed by atoms with Gasteiger partial charge in [-0.15, -0.1) is 0 Å². The van der Waals surface area contributed by atoms with Crippen molar-refractivity contribution >= 4 is 5.91 Å². The lowest BCUT2D eigenvalue weighted by atomic mass is 9.85. The molecule has 68 valence electrons. The highest BCUT2D eigenvalue weighted by Gasteiger charge is 2.42. The second-order valence-electron chi connectivity index (χ2n) is 3.59. The van der Waals surface area contributed by atoms with Crippen molar-refractivity contribution in [1.82, 2.24) is 4.90 Å². The lowest BCUT2D eigenvalue weighted by Gasteiger charge is -2.43. The van der Waals surface area contributed by atoms with Crippen molar-refractivity contribution in [2.45, 2.75) is 13.0 Å². The van der Waals surface area contributed by atoms with E-state index in [4.69, 9.17) is 0 Å². The largest absolute Gasteiger partial charge is 0.338 e. The average Bonchev–Trinajstić information content (AvgIpc) is 2.19. The van der Waals surface area contributed by atoms with Crippen LogP contribution in [0.5, 0.6) is 0 Å². The molecule has 13 heavy (non-hydrogen) atoms. The molecule has 0 aliphatic carbocycles. The van der Waals surface area contributed by atoms with E-state index in [0.29, 0.717) is 0 Å². The van der Waals surface area contributed by atoms with Gasteiger partial charge < -0.3 is 4.90 Å². The zero-order valence-electron chi connectivity index (χ0n) is 7.90. The van der Waals surface area contributed by atoms with Crippen molar-refractivity contribution in [3.63, 3.8) is 0 Å². The maximum absolute atomic E-state index is 11.3. The summed E-state index contributed by atoms with van der Waals surface area (Å²) in [6, 6.07) is 10.5. The molecule has 1 aromatic carbocycles. The molecular weight excluding hydrogens is 162 g/mol. The zero-order valence-corrected chi connectivity index (χ0v) is 7.90. The third-order valence-corrected chi connectivity index (χ3v) is 2.77.